The molecule has 1 aliphatic rings. The third-order valence-corrected chi connectivity index (χ3v) is 6.05. The van der Waals surface area contributed by atoms with Crippen molar-refractivity contribution in [3.8, 4) is 0 Å². The second kappa shape index (κ2) is 5.44. The number of hydrogen-bond donors (Lipinski definition) is 1. The van der Waals surface area contributed by atoms with Crippen molar-refractivity contribution in [2.24, 2.45) is 0 Å². The lowest BCUT2D eigenvalue weighted by Gasteiger charge is -2.21. The van der Waals surface area contributed by atoms with E-state index in [9.17, 15) is 13.2 Å². The molecule has 1 aromatic rings. The number of nitrogens with two attached hydrogens (primary N) is 1. The summed E-state index contributed by atoms with van der Waals surface area (Å²) in [6.07, 6.45) is 1.88. The van der Waals surface area contributed by atoms with Crippen molar-refractivity contribution in [1.29, 1.82) is 0 Å². The molecule has 6 heteroatoms. The van der Waals surface area contributed by atoms with Gasteiger partial charge in [0.15, 0.2) is 9.84 Å². The van der Waals surface area contributed by atoms with Crippen molar-refractivity contribution in [2.75, 3.05) is 18.8 Å². The number of benzene rings is 1. The molecule has 5 nitrogen and oxygen atoms in total. The summed E-state index contributed by atoms with van der Waals surface area (Å²) in [7, 11) is -3.70. The summed E-state index contributed by atoms with van der Waals surface area (Å²) in [5.74, 6) is -0.315. The summed E-state index contributed by atoms with van der Waals surface area (Å²) in [6.45, 7) is 4.41. The maximum atomic E-state index is 12.6. The van der Waals surface area contributed by atoms with Crippen LogP contribution in [0, 0.1) is 6.92 Å². The summed E-state index contributed by atoms with van der Waals surface area (Å²) in [4.78, 5) is 14.1. The van der Waals surface area contributed by atoms with Crippen molar-refractivity contribution >= 4 is 21.4 Å². The molecule has 0 aliphatic carbocycles. The van der Waals surface area contributed by atoms with Gasteiger partial charge in [-0.1, -0.05) is 6.07 Å². The van der Waals surface area contributed by atoms with Gasteiger partial charge in [0.05, 0.1) is 4.90 Å². The highest BCUT2D eigenvalue weighted by Gasteiger charge is 2.34. The Morgan fingerprint density at radius 2 is 1.90 bits per heavy atom. The Balaban J connectivity index is 2.34. The fourth-order valence-corrected chi connectivity index (χ4v) is 4.07. The minimum absolute atomic E-state index is 0.151. The van der Waals surface area contributed by atoms with Gasteiger partial charge in [-0.15, -0.1) is 0 Å². The van der Waals surface area contributed by atoms with Crippen LogP contribution in [0.4, 0.5) is 5.69 Å². The highest BCUT2D eigenvalue weighted by Crippen LogP contribution is 2.25. The van der Waals surface area contributed by atoms with E-state index in [1.807, 2.05) is 0 Å². The summed E-state index contributed by atoms with van der Waals surface area (Å²) < 4.78 is 25.2. The third kappa shape index (κ3) is 2.52. The second-order valence-electron chi connectivity index (χ2n) is 5.19. The molecule has 0 saturated carbocycles. The summed E-state index contributed by atoms with van der Waals surface area (Å²) in [6, 6.07) is 4.76. The number of anilines is 1. The molecule has 1 aromatic carbocycles. The molecular weight excluding hydrogens is 276 g/mol. The fraction of sp³-hybridized carbons (Fsp3) is 0.500. The first-order chi connectivity index (χ1) is 9.35. The van der Waals surface area contributed by atoms with Crippen LogP contribution in [0.25, 0.3) is 0 Å². The predicted molar refractivity (Wildman–Crippen MR) is 78.1 cm³/mol. The standard InChI is InChI=1S/C14H20N2O3S/c1-10-12(15)6-5-7-13(10)20(18,19)11(2)14(17)16-8-3-4-9-16/h5-7,11H,3-4,8-9,15H2,1-2H3. The van der Waals surface area contributed by atoms with Gasteiger partial charge in [0.1, 0.15) is 5.25 Å². The smallest absolute Gasteiger partial charge is 0.241 e. The molecule has 2 rings (SSSR count). The first-order valence-electron chi connectivity index (χ1n) is 6.73. The van der Waals surface area contributed by atoms with Crippen molar-refractivity contribution in [3.63, 3.8) is 0 Å². The average Bonchev–Trinajstić information content (AvgIpc) is 2.94. The first kappa shape index (κ1) is 14.8. The highest BCUT2D eigenvalue weighted by molar-refractivity contribution is 7.92. The molecule has 1 fully saturated rings. The Labute approximate surface area is 119 Å². The minimum Gasteiger partial charge on any atom is -0.398 e. The maximum Gasteiger partial charge on any atom is 0.241 e. The molecule has 1 unspecified atom stereocenters. The van der Waals surface area contributed by atoms with Gasteiger partial charge in [-0.05, 0) is 44.4 Å². The van der Waals surface area contributed by atoms with E-state index in [0.29, 0.717) is 24.3 Å². The van der Waals surface area contributed by atoms with Crippen LogP contribution in [0.3, 0.4) is 0 Å². The monoisotopic (exact) mass is 296 g/mol. The molecule has 2 N–H and O–H groups in total. The van der Waals surface area contributed by atoms with Crippen LogP contribution in [0.15, 0.2) is 23.1 Å². The van der Waals surface area contributed by atoms with Gasteiger partial charge < -0.3 is 10.6 Å². The van der Waals surface area contributed by atoms with E-state index in [2.05, 4.69) is 0 Å². The second-order valence-corrected chi connectivity index (χ2v) is 7.43. The lowest BCUT2D eigenvalue weighted by molar-refractivity contribution is -0.129. The molecule has 1 saturated heterocycles. The SMILES string of the molecule is Cc1c(N)cccc1S(=O)(=O)C(C)C(=O)N1CCCC1. The van der Waals surface area contributed by atoms with Gasteiger partial charge in [-0.2, -0.15) is 0 Å². The molecule has 0 aromatic heterocycles. The number of hydrogen-bond acceptors (Lipinski definition) is 4. The molecule has 1 aliphatic heterocycles. The molecule has 1 atom stereocenters. The quantitative estimate of drug-likeness (QED) is 0.854. The topological polar surface area (TPSA) is 80.5 Å². The van der Waals surface area contributed by atoms with Gasteiger partial charge in [-0.3, -0.25) is 4.79 Å². The van der Waals surface area contributed by atoms with Crippen molar-refractivity contribution in [3.05, 3.63) is 23.8 Å². The fourth-order valence-electron chi connectivity index (χ4n) is 2.46. The number of rotatable bonds is 3. The summed E-state index contributed by atoms with van der Waals surface area (Å²) >= 11 is 0. The van der Waals surface area contributed by atoms with E-state index >= 15 is 0 Å². The number of sulfone groups is 1. The largest absolute Gasteiger partial charge is 0.398 e. The van der Waals surface area contributed by atoms with Crippen LogP contribution in [0.1, 0.15) is 25.3 Å². The van der Waals surface area contributed by atoms with Gasteiger partial charge in [0, 0.05) is 18.8 Å². The van der Waals surface area contributed by atoms with Crippen LogP contribution in [-0.4, -0.2) is 37.6 Å². The summed E-state index contributed by atoms with van der Waals surface area (Å²) in [5.41, 5.74) is 6.69. The van der Waals surface area contributed by atoms with E-state index in [1.54, 1.807) is 24.0 Å². The zero-order valence-corrected chi connectivity index (χ0v) is 12.6. The Morgan fingerprint density at radius 1 is 1.30 bits per heavy atom. The molecule has 0 radical (unpaired) electrons. The lowest BCUT2D eigenvalue weighted by Crippen LogP contribution is -2.40. The Kier molecular flexibility index (Phi) is 4.04. The Bertz CT molecular complexity index is 619. The molecule has 110 valence electrons. The van der Waals surface area contributed by atoms with Gasteiger partial charge in [0.2, 0.25) is 5.91 Å². The molecule has 0 spiro atoms. The molecular formula is C14H20N2O3S. The normalized spacial score (nSPS) is 17.2. The average molecular weight is 296 g/mol. The number of nitrogen functional groups attached to an aromatic ring is 1. The third-order valence-electron chi connectivity index (χ3n) is 3.86. The Morgan fingerprint density at radius 3 is 2.50 bits per heavy atom. The van der Waals surface area contributed by atoms with Gasteiger partial charge in [0.25, 0.3) is 0 Å². The van der Waals surface area contributed by atoms with E-state index in [1.165, 1.54) is 13.0 Å². The highest BCUT2D eigenvalue weighted by atomic mass is 32.2. The van der Waals surface area contributed by atoms with Crippen LogP contribution < -0.4 is 5.73 Å². The number of nitrogens with zero attached hydrogens (tertiary/aromatic N) is 1. The van der Waals surface area contributed by atoms with Gasteiger partial charge >= 0.3 is 0 Å². The van der Waals surface area contributed by atoms with Gasteiger partial charge in [-0.25, -0.2) is 8.42 Å². The van der Waals surface area contributed by atoms with Crippen LogP contribution in [-0.2, 0) is 14.6 Å². The maximum absolute atomic E-state index is 12.6. The van der Waals surface area contributed by atoms with Crippen LogP contribution >= 0.6 is 0 Å². The van der Waals surface area contributed by atoms with Crippen molar-refractivity contribution in [1.82, 2.24) is 4.90 Å². The lowest BCUT2D eigenvalue weighted by atomic mass is 10.2. The van der Waals surface area contributed by atoms with Crippen molar-refractivity contribution < 1.29 is 13.2 Å². The summed E-state index contributed by atoms with van der Waals surface area (Å²) in [5, 5.41) is -1.07. The Hall–Kier alpha value is -1.56. The van der Waals surface area contributed by atoms with Crippen molar-refractivity contribution in [2.45, 2.75) is 36.8 Å². The molecule has 1 amide bonds. The number of carbonyl (C=O) groups is 1. The predicted octanol–water partition coefficient (Wildman–Crippen LogP) is 1.36. The van der Waals surface area contributed by atoms with E-state index in [4.69, 9.17) is 5.73 Å². The zero-order valence-electron chi connectivity index (χ0n) is 11.8. The van der Waals surface area contributed by atoms with Crippen LogP contribution in [0.2, 0.25) is 0 Å². The molecule has 1 heterocycles. The molecule has 0 bridgehead atoms. The minimum atomic E-state index is -3.70. The number of carbonyl (C=O) groups excluding carboxylic acids is 1. The van der Waals surface area contributed by atoms with Crippen LogP contribution in [0.5, 0.6) is 0 Å². The first-order valence-corrected chi connectivity index (χ1v) is 8.28. The molecule has 20 heavy (non-hydrogen) atoms. The van der Waals surface area contributed by atoms with E-state index in [-0.39, 0.29) is 10.8 Å². The van der Waals surface area contributed by atoms with E-state index in [0.717, 1.165) is 12.8 Å². The number of amides is 1. The number of likely N-dealkylation sites (tertiary alicyclic amines) is 1. The zero-order chi connectivity index (χ0) is 14.9. The van der Waals surface area contributed by atoms with E-state index < -0.39 is 15.1 Å².